The summed E-state index contributed by atoms with van der Waals surface area (Å²) in [6, 6.07) is 6.41. The molecule has 1 aromatic rings. The maximum atomic E-state index is 3.38. The Labute approximate surface area is 76.8 Å². The molecule has 0 saturated carbocycles. The zero-order valence-electron chi connectivity index (χ0n) is 7.72. The van der Waals surface area contributed by atoms with Gasteiger partial charge in [0.15, 0.2) is 0 Å². The van der Waals surface area contributed by atoms with Crippen molar-refractivity contribution in [2.24, 2.45) is 0 Å². The fraction of sp³-hybridized carbons (Fsp3) is 0.400. The van der Waals surface area contributed by atoms with Crippen molar-refractivity contribution >= 4 is 20.2 Å². The summed E-state index contributed by atoms with van der Waals surface area (Å²) >= 11 is 0. The van der Waals surface area contributed by atoms with Gasteiger partial charge in [-0.15, -0.1) is 9.24 Å². The van der Waals surface area contributed by atoms with Crippen molar-refractivity contribution in [2.45, 2.75) is 20.3 Å². The Bertz CT molecular complexity index is 258. The van der Waals surface area contributed by atoms with Crippen molar-refractivity contribution in [1.82, 2.24) is 0 Å². The highest BCUT2D eigenvalue weighted by Crippen LogP contribution is 2.12. The zero-order valence-corrected chi connectivity index (χ0v) is 8.88. The lowest BCUT2D eigenvalue weighted by Crippen LogP contribution is -2.03. The van der Waals surface area contributed by atoms with Crippen LogP contribution in [0.15, 0.2) is 18.2 Å². The minimum absolute atomic E-state index is 1.05. The molecule has 0 radical (unpaired) electrons. The average molecular weight is 181 g/mol. The average Bonchev–Trinajstić information content (AvgIpc) is 2.03. The van der Waals surface area contributed by atoms with Crippen LogP contribution in [0.4, 0.5) is 5.69 Å². The Morgan fingerprint density at radius 2 is 2.17 bits per heavy atom. The van der Waals surface area contributed by atoms with Crippen molar-refractivity contribution in [1.29, 1.82) is 0 Å². The molecule has 0 aromatic heterocycles. The summed E-state index contributed by atoms with van der Waals surface area (Å²) in [5.74, 6) is 0. The highest BCUT2D eigenvalue weighted by molar-refractivity contribution is 7.27. The van der Waals surface area contributed by atoms with E-state index in [2.05, 4.69) is 46.6 Å². The molecule has 1 N–H and O–H groups in total. The van der Waals surface area contributed by atoms with E-state index in [4.69, 9.17) is 0 Å². The molecule has 2 heteroatoms. The molecule has 0 bridgehead atoms. The summed E-state index contributed by atoms with van der Waals surface area (Å²) in [5.41, 5.74) is 2.57. The summed E-state index contributed by atoms with van der Waals surface area (Å²) < 4.78 is 0. The Morgan fingerprint density at radius 1 is 1.42 bits per heavy atom. The van der Waals surface area contributed by atoms with Gasteiger partial charge in [0, 0.05) is 12.2 Å². The van der Waals surface area contributed by atoms with Gasteiger partial charge >= 0.3 is 0 Å². The van der Waals surface area contributed by atoms with E-state index < -0.39 is 0 Å². The van der Waals surface area contributed by atoms with Crippen LogP contribution in [0.1, 0.15) is 18.9 Å². The molecule has 1 aromatic carbocycles. The summed E-state index contributed by atoms with van der Waals surface area (Å²) in [5, 5.41) is 4.63. The lowest BCUT2D eigenvalue weighted by molar-refractivity contribution is 0.978. The van der Waals surface area contributed by atoms with Gasteiger partial charge < -0.3 is 5.32 Å². The molecular weight excluding hydrogens is 165 g/mol. The van der Waals surface area contributed by atoms with Crippen LogP contribution in [-0.4, -0.2) is 6.54 Å². The molecule has 1 nitrogen and oxygen atoms in total. The Morgan fingerprint density at radius 3 is 2.75 bits per heavy atom. The second-order valence-corrected chi connectivity index (χ2v) is 3.67. The Kier molecular flexibility index (Phi) is 3.55. The zero-order chi connectivity index (χ0) is 8.97. The minimum atomic E-state index is 1.05. The normalized spacial score (nSPS) is 9.92. The van der Waals surface area contributed by atoms with Crippen molar-refractivity contribution in [3.63, 3.8) is 0 Å². The van der Waals surface area contributed by atoms with Gasteiger partial charge in [-0.1, -0.05) is 19.1 Å². The van der Waals surface area contributed by atoms with E-state index in [1.807, 2.05) is 0 Å². The standard InChI is InChI=1S/C10H16NP/c1-3-6-11-10-5-4-9(12)7-8(10)2/h4-5,7,11H,3,6,12H2,1-2H3. The van der Waals surface area contributed by atoms with Gasteiger partial charge in [-0.3, -0.25) is 0 Å². The minimum Gasteiger partial charge on any atom is -0.385 e. The van der Waals surface area contributed by atoms with Crippen LogP contribution in [-0.2, 0) is 0 Å². The van der Waals surface area contributed by atoms with Crippen LogP contribution in [0.5, 0.6) is 0 Å². The second kappa shape index (κ2) is 4.47. The summed E-state index contributed by atoms with van der Waals surface area (Å²) in [4.78, 5) is 0. The van der Waals surface area contributed by atoms with E-state index >= 15 is 0 Å². The molecule has 12 heavy (non-hydrogen) atoms. The molecule has 0 spiro atoms. The van der Waals surface area contributed by atoms with Gasteiger partial charge in [-0.2, -0.15) is 0 Å². The van der Waals surface area contributed by atoms with Gasteiger partial charge in [0.2, 0.25) is 0 Å². The van der Waals surface area contributed by atoms with Gasteiger partial charge in [0.05, 0.1) is 0 Å². The molecule has 0 aliphatic heterocycles. The van der Waals surface area contributed by atoms with E-state index in [-0.39, 0.29) is 0 Å². The monoisotopic (exact) mass is 181 g/mol. The first-order valence-electron chi connectivity index (χ1n) is 4.34. The van der Waals surface area contributed by atoms with E-state index in [9.17, 15) is 0 Å². The number of aryl methyl sites for hydroxylation is 1. The molecule has 66 valence electrons. The highest BCUT2D eigenvalue weighted by atomic mass is 31.0. The molecule has 0 amide bonds. The molecular formula is C10H16NP. The molecule has 0 aliphatic rings. The van der Waals surface area contributed by atoms with E-state index in [0.717, 1.165) is 6.54 Å². The number of anilines is 1. The third kappa shape index (κ3) is 2.49. The Hall–Kier alpha value is -0.550. The van der Waals surface area contributed by atoms with Gasteiger partial charge in [0.25, 0.3) is 0 Å². The maximum Gasteiger partial charge on any atom is 0.0370 e. The van der Waals surface area contributed by atoms with E-state index in [0.29, 0.717) is 0 Å². The molecule has 0 saturated heterocycles. The second-order valence-electron chi connectivity index (χ2n) is 3.00. The maximum absolute atomic E-state index is 3.38. The van der Waals surface area contributed by atoms with E-state index in [1.54, 1.807) is 0 Å². The van der Waals surface area contributed by atoms with Gasteiger partial charge in [-0.05, 0) is 30.3 Å². The fourth-order valence-electron chi connectivity index (χ4n) is 1.14. The van der Waals surface area contributed by atoms with Crippen LogP contribution < -0.4 is 10.6 Å². The quantitative estimate of drug-likeness (QED) is 0.705. The third-order valence-corrected chi connectivity index (χ3v) is 2.18. The number of hydrogen-bond acceptors (Lipinski definition) is 1. The molecule has 0 fully saturated rings. The highest BCUT2D eigenvalue weighted by Gasteiger charge is 1.95. The van der Waals surface area contributed by atoms with Crippen LogP contribution in [0.3, 0.4) is 0 Å². The molecule has 1 atom stereocenters. The Balaban J connectivity index is 2.72. The number of benzene rings is 1. The van der Waals surface area contributed by atoms with Crippen LogP contribution in [0.25, 0.3) is 0 Å². The van der Waals surface area contributed by atoms with Crippen molar-refractivity contribution in [3.8, 4) is 0 Å². The smallest absolute Gasteiger partial charge is 0.0370 e. The summed E-state index contributed by atoms with van der Waals surface area (Å²) in [7, 11) is 2.71. The summed E-state index contributed by atoms with van der Waals surface area (Å²) in [6.07, 6.45) is 1.17. The lowest BCUT2D eigenvalue weighted by Gasteiger charge is -2.08. The lowest BCUT2D eigenvalue weighted by atomic mass is 10.2. The number of nitrogens with one attached hydrogen (secondary N) is 1. The predicted octanol–water partition coefficient (Wildman–Crippen LogP) is 2.32. The molecule has 1 rings (SSSR count). The predicted molar refractivity (Wildman–Crippen MR) is 59.3 cm³/mol. The topological polar surface area (TPSA) is 12.0 Å². The van der Waals surface area contributed by atoms with E-state index in [1.165, 1.54) is 23.0 Å². The number of hydrogen-bond donors (Lipinski definition) is 1. The van der Waals surface area contributed by atoms with Crippen LogP contribution in [0, 0.1) is 6.92 Å². The van der Waals surface area contributed by atoms with Gasteiger partial charge in [-0.25, -0.2) is 0 Å². The molecule has 1 unspecified atom stereocenters. The fourth-order valence-corrected chi connectivity index (χ4v) is 1.49. The SMILES string of the molecule is CCCNc1ccc(P)cc1C. The summed E-state index contributed by atoms with van der Waals surface area (Å²) in [6.45, 7) is 5.36. The molecule has 0 heterocycles. The number of rotatable bonds is 3. The molecule has 0 aliphatic carbocycles. The van der Waals surface area contributed by atoms with Crippen LogP contribution >= 0.6 is 9.24 Å². The van der Waals surface area contributed by atoms with Crippen LogP contribution in [0.2, 0.25) is 0 Å². The third-order valence-electron chi connectivity index (χ3n) is 1.82. The first-order valence-corrected chi connectivity index (χ1v) is 4.91. The van der Waals surface area contributed by atoms with Crippen molar-refractivity contribution < 1.29 is 0 Å². The first kappa shape index (κ1) is 9.54. The first-order chi connectivity index (χ1) is 5.74. The van der Waals surface area contributed by atoms with Gasteiger partial charge in [0.1, 0.15) is 0 Å². The van der Waals surface area contributed by atoms with Crippen molar-refractivity contribution in [2.75, 3.05) is 11.9 Å². The van der Waals surface area contributed by atoms with Crippen molar-refractivity contribution in [3.05, 3.63) is 23.8 Å². The largest absolute Gasteiger partial charge is 0.385 e.